The first-order valence-electron chi connectivity index (χ1n) is 5.45. The van der Waals surface area contributed by atoms with Crippen molar-refractivity contribution in [1.82, 2.24) is 0 Å². The molecule has 1 saturated heterocycles. The van der Waals surface area contributed by atoms with Gasteiger partial charge in [0.1, 0.15) is 12.4 Å². The molecule has 0 spiro atoms. The minimum atomic E-state index is -0.310. The molecule has 0 amide bonds. The minimum Gasteiger partial charge on any atom is -0.463 e. The van der Waals surface area contributed by atoms with Crippen LogP contribution in [0.3, 0.4) is 0 Å². The van der Waals surface area contributed by atoms with Gasteiger partial charge in [-0.3, -0.25) is 4.79 Å². The van der Waals surface area contributed by atoms with Crippen molar-refractivity contribution < 1.29 is 19.1 Å². The molecular weight excluding hydrogens is 208 g/mol. The van der Waals surface area contributed by atoms with Crippen molar-refractivity contribution in [2.45, 2.75) is 38.7 Å². The summed E-state index contributed by atoms with van der Waals surface area (Å²) in [7, 11) is 0. The minimum absolute atomic E-state index is 0.0130. The van der Waals surface area contributed by atoms with Gasteiger partial charge in [-0.1, -0.05) is 0 Å². The predicted octanol–water partition coefficient (Wildman–Crippen LogP) is 1.88. The second kappa shape index (κ2) is 9.09. The van der Waals surface area contributed by atoms with Gasteiger partial charge in [0, 0.05) is 13.0 Å². The molecule has 1 heterocycles. The lowest BCUT2D eigenvalue weighted by atomic mass is 10.2. The summed E-state index contributed by atoms with van der Waals surface area (Å²) >= 11 is 0. The number of hydrogen-bond donors (Lipinski definition) is 0. The highest BCUT2D eigenvalue weighted by Crippen LogP contribution is 2.12. The van der Waals surface area contributed by atoms with E-state index in [-0.39, 0.29) is 30.7 Å². The summed E-state index contributed by atoms with van der Waals surface area (Å²) in [4.78, 5) is 21.7. The zero-order chi connectivity index (χ0) is 12.4. The van der Waals surface area contributed by atoms with Crippen molar-refractivity contribution in [3.8, 4) is 0 Å². The Kier molecular flexibility index (Phi) is 8.43. The van der Waals surface area contributed by atoms with Gasteiger partial charge in [0.2, 0.25) is 0 Å². The second-order valence-corrected chi connectivity index (χ2v) is 3.52. The van der Waals surface area contributed by atoms with Crippen molar-refractivity contribution in [2.75, 3.05) is 13.2 Å². The van der Waals surface area contributed by atoms with E-state index in [4.69, 9.17) is 9.47 Å². The van der Waals surface area contributed by atoms with Crippen LogP contribution in [0.1, 0.15) is 32.6 Å². The van der Waals surface area contributed by atoms with Gasteiger partial charge < -0.3 is 14.3 Å². The number of carbonyl (C=O) groups is 2. The highest BCUT2D eigenvalue weighted by molar-refractivity contribution is 5.80. The third-order valence-corrected chi connectivity index (χ3v) is 2.14. The summed E-state index contributed by atoms with van der Waals surface area (Å²) in [6, 6.07) is 0. The van der Waals surface area contributed by atoms with Crippen LogP contribution in [0, 0.1) is 0 Å². The van der Waals surface area contributed by atoms with E-state index < -0.39 is 0 Å². The Bertz CT molecular complexity index is 219. The molecule has 0 saturated carbocycles. The van der Waals surface area contributed by atoms with Crippen LogP contribution < -0.4 is 0 Å². The molecule has 1 rings (SSSR count). The standard InChI is InChI=1S/C10H16O4.C2H4/c1-8(11)4-5-10(12)14-7-9-3-2-6-13-9;1-2/h9H,2-7H2,1H3;1-2H2. The van der Waals surface area contributed by atoms with Crippen LogP contribution in [0.15, 0.2) is 13.2 Å². The van der Waals surface area contributed by atoms with Crippen LogP contribution in [0.5, 0.6) is 0 Å². The van der Waals surface area contributed by atoms with Crippen LogP contribution in [0.4, 0.5) is 0 Å². The number of rotatable bonds is 5. The molecule has 92 valence electrons. The highest BCUT2D eigenvalue weighted by atomic mass is 16.6. The van der Waals surface area contributed by atoms with Gasteiger partial charge in [-0.05, 0) is 19.8 Å². The second-order valence-electron chi connectivity index (χ2n) is 3.52. The number of esters is 1. The first-order chi connectivity index (χ1) is 7.68. The maximum absolute atomic E-state index is 11.1. The third kappa shape index (κ3) is 7.17. The van der Waals surface area contributed by atoms with Crippen molar-refractivity contribution in [3.63, 3.8) is 0 Å². The van der Waals surface area contributed by atoms with Crippen LogP contribution in [0.25, 0.3) is 0 Å². The Labute approximate surface area is 96.6 Å². The molecule has 0 radical (unpaired) electrons. The third-order valence-electron chi connectivity index (χ3n) is 2.14. The molecule has 0 aromatic heterocycles. The highest BCUT2D eigenvalue weighted by Gasteiger charge is 2.17. The summed E-state index contributed by atoms with van der Waals surface area (Å²) < 4.78 is 10.2. The zero-order valence-corrected chi connectivity index (χ0v) is 9.87. The molecule has 1 aliphatic rings. The van der Waals surface area contributed by atoms with Gasteiger partial charge in [-0.15, -0.1) is 13.2 Å². The number of hydrogen-bond acceptors (Lipinski definition) is 4. The fourth-order valence-corrected chi connectivity index (χ4v) is 1.31. The van der Waals surface area contributed by atoms with Crippen molar-refractivity contribution in [1.29, 1.82) is 0 Å². The number of ketones is 1. The van der Waals surface area contributed by atoms with Gasteiger partial charge in [0.15, 0.2) is 0 Å². The molecule has 4 heteroatoms. The van der Waals surface area contributed by atoms with Gasteiger partial charge >= 0.3 is 5.97 Å². The molecule has 0 aromatic rings. The van der Waals surface area contributed by atoms with E-state index in [9.17, 15) is 9.59 Å². The molecule has 0 bridgehead atoms. The number of carbonyl (C=O) groups excluding carboxylic acids is 2. The van der Waals surface area contributed by atoms with E-state index in [1.165, 1.54) is 6.92 Å². The van der Waals surface area contributed by atoms with Crippen molar-refractivity contribution >= 4 is 11.8 Å². The average Bonchev–Trinajstić information content (AvgIpc) is 2.79. The van der Waals surface area contributed by atoms with Crippen LogP contribution in [-0.2, 0) is 19.1 Å². The van der Waals surface area contributed by atoms with E-state index >= 15 is 0 Å². The Balaban J connectivity index is 0.00000106. The van der Waals surface area contributed by atoms with Gasteiger partial charge in [0.05, 0.1) is 12.5 Å². The van der Waals surface area contributed by atoms with Crippen molar-refractivity contribution in [3.05, 3.63) is 13.2 Å². The topological polar surface area (TPSA) is 52.6 Å². The summed E-state index contributed by atoms with van der Waals surface area (Å²) in [6.07, 6.45) is 2.51. The number of ether oxygens (including phenoxy) is 2. The zero-order valence-electron chi connectivity index (χ0n) is 9.87. The van der Waals surface area contributed by atoms with Crippen molar-refractivity contribution in [2.24, 2.45) is 0 Å². The number of Topliss-reactive ketones (excluding diaryl/α,β-unsaturated/α-hetero) is 1. The normalized spacial score (nSPS) is 18.4. The van der Waals surface area contributed by atoms with Crippen LogP contribution in [-0.4, -0.2) is 31.1 Å². The molecule has 1 atom stereocenters. The van der Waals surface area contributed by atoms with E-state index in [0.29, 0.717) is 6.61 Å². The largest absolute Gasteiger partial charge is 0.463 e. The fourth-order valence-electron chi connectivity index (χ4n) is 1.31. The molecule has 0 aliphatic carbocycles. The molecule has 0 aromatic carbocycles. The Morgan fingerprint density at radius 2 is 2.06 bits per heavy atom. The quantitative estimate of drug-likeness (QED) is 0.532. The van der Waals surface area contributed by atoms with E-state index in [1.54, 1.807) is 0 Å². The summed E-state index contributed by atoms with van der Waals surface area (Å²) in [5.41, 5.74) is 0. The lowest BCUT2D eigenvalue weighted by Gasteiger charge is -2.09. The van der Waals surface area contributed by atoms with Gasteiger partial charge in [-0.2, -0.15) is 0 Å². The summed E-state index contributed by atoms with van der Waals surface area (Å²) in [5, 5.41) is 0. The summed E-state index contributed by atoms with van der Waals surface area (Å²) in [5.74, 6) is -0.297. The van der Waals surface area contributed by atoms with Crippen LogP contribution >= 0.6 is 0 Å². The average molecular weight is 228 g/mol. The maximum atomic E-state index is 11.1. The van der Waals surface area contributed by atoms with E-state index in [1.807, 2.05) is 0 Å². The maximum Gasteiger partial charge on any atom is 0.306 e. The molecular formula is C12H20O4. The molecule has 16 heavy (non-hydrogen) atoms. The summed E-state index contributed by atoms with van der Waals surface area (Å²) in [6.45, 7) is 8.56. The monoisotopic (exact) mass is 228 g/mol. The lowest BCUT2D eigenvalue weighted by Crippen LogP contribution is -2.18. The predicted molar refractivity (Wildman–Crippen MR) is 61.1 cm³/mol. The SMILES string of the molecule is C=C.CC(=O)CCC(=O)OCC1CCCO1. The van der Waals surface area contributed by atoms with Gasteiger partial charge in [-0.25, -0.2) is 0 Å². The van der Waals surface area contributed by atoms with E-state index in [2.05, 4.69) is 13.2 Å². The molecule has 4 nitrogen and oxygen atoms in total. The molecule has 0 N–H and O–H groups in total. The Morgan fingerprint density at radius 3 is 2.56 bits per heavy atom. The van der Waals surface area contributed by atoms with Crippen LogP contribution in [0.2, 0.25) is 0 Å². The van der Waals surface area contributed by atoms with E-state index in [0.717, 1.165) is 19.4 Å². The Hall–Kier alpha value is -1.16. The van der Waals surface area contributed by atoms with Gasteiger partial charge in [0.25, 0.3) is 0 Å². The molecule has 1 unspecified atom stereocenters. The fraction of sp³-hybridized carbons (Fsp3) is 0.667. The smallest absolute Gasteiger partial charge is 0.306 e. The molecule has 1 aliphatic heterocycles. The molecule has 1 fully saturated rings. The lowest BCUT2D eigenvalue weighted by molar-refractivity contribution is -0.147. The Morgan fingerprint density at radius 1 is 1.38 bits per heavy atom. The first-order valence-corrected chi connectivity index (χ1v) is 5.45. The first kappa shape index (κ1) is 14.8.